The zero-order chi connectivity index (χ0) is 17.1. The molecule has 2 aromatic rings. The van der Waals surface area contributed by atoms with Crippen molar-refractivity contribution in [2.45, 2.75) is 12.6 Å². The van der Waals surface area contributed by atoms with E-state index in [-0.39, 0.29) is 30.6 Å². The van der Waals surface area contributed by atoms with Crippen molar-refractivity contribution in [2.24, 2.45) is 0 Å². The van der Waals surface area contributed by atoms with Gasteiger partial charge in [0, 0.05) is 43.4 Å². The maximum absolute atomic E-state index is 14.0. The van der Waals surface area contributed by atoms with E-state index in [9.17, 15) is 13.2 Å². The first-order valence-electron chi connectivity index (χ1n) is 7.81. The van der Waals surface area contributed by atoms with Gasteiger partial charge in [-0.3, -0.25) is 4.90 Å². The molecule has 1 heterocycles. The maximum atomic E-state index is 14.0. The lowest BCUT2D eigenvalue weighted by atomic mass is 10.0. The van der Waals surface area contributed by atoms with Crippen LogP contribution in [0, 0.1) is 17.5 Å². The summed E-state index contributed by atoms with van der Waals surface area (Å²) in [5.74, 6) is -2.18. The van der Waals surface area contributed by atoms with Gasteiger partial charge in [0.2, 0.25) is 0 Å². The van der Waals surface area contributed by atoms with Crippen molar-refractivity contribution in [1.82, 2.24) is 10.2 Å². The van der Waals surface area contributed by atoms with Gasteiger partial charge < -0.3 is 10.1 Å². The van der Waals surface area contributed by atoms with Crippen LogP contribution in [0.1, 0.15) is 17.2 Å². The van der Waals surface area contributed by atoms with Crippen molar-refractivity contribution in [1.29, 1.82) is 0 Å². The minimum atomic E-state index is -1.17. The Hall–Kier alpha value is -1.76. The molecule has 1 N–H and O–H groups in total. The van der Waals surface area contributed by atoms with Crippen LogP contribution in [0.25, 0.3) is 0 Å². The third kappa shape index (κ3) is 4.26. The molecule has 0 spiro atoms. The van der Waals surface area contributed by atoms with E-state index < -0.39 is 17.5 Å². The average molecular weight is 373 g/mol. The van der Waals surface area contributed by atoms with E-state index in [1.165, 1.54) is 0 Å². The van der Waals surface area contributed by atoms with Gasteiger partial charge in [-0.05, 0) is 12.1 Å². The van der Waals surface area contributed by atoms with E-state index in [1.54, 1.807) is 7.11 Å². The molecular weight excluding hydrogens is 353 g/mol. The summed E-state index contributed by atoms with van der Waals surface area (Å²) in [6, 6.07) is 9.14. The highest BCUT2D eigenvalue weighted by Gasteiger charge is 2.27. The number of piperazine rings is 1. The Kier molecular flexibility index (Phi) is 6.70. The molecule has 1 aliphatic heterocycles. The fourth-order valence-electron chi connectivity index (χ4n) is 3.09. The Bertz CT molecular complexity index is 729. The van der Waals surface area contributed by atoms with Gasteiger partial charge in [0.15, 0.2) is 11.6 Å². The lowest BCUT2D eigenvalue weighted by Crippen LogP contribution is -2.45. The van der Waals surface area contributed by atoms with E-state index in [1.807, 2.05) is 29.2 Å². The topological polar surface area (TPSA) is 24.5 Å². The van der Waals surface area contributed by atoms with E-state index in [4.69, 9.17) is 4.74 Å². The van der Waals surface area contributed by atoms with Crippen molar-refractivity contribution in [3.8, 4) is 5.75 Å². The monoisotopic (exact) mass is 372 g/mol. The number of nitrogens with one attached hydrogen (secondary N) is 1. The zero-order valence-corrected chi connectivity index (χ0v) is 14.6. The summed E-state index contributed by atoms with van der Waals surface area (Å²) in [4.78, 5) is 2.05. The lowest BCUT2D eigenvalue weighted by molar-refractivity contribution is 0.149. The highest BCUT2D eigenvalue weighted by molar-refractivity contribution is 5.85. The average Bonchev–Trinajstić information content (AvgIpc) is 2.60. The van der Waals surface area contributed by atoms with Crippen LogP contribution < -0.4 is 10.1 Å². The van der Waals surface area contributed by atoms with Gasteiger partial charge in [-0.25, -0.2) is 13.2 Å². The first kappa shape index (κ1) is 19.6. The second kappa shape index (κ2) is 8.56. The summed E-state index contributed by atoms with van der Waals surface area (Å²) in [5.41, 5.74) is 1.13. The van der Waals surface area contributed by atoms with Gasteiger partial charge in [0.1, 0.15) is 11.6 Å². The minimum Gasteiger partial charge on any atom is -0.496 e. The van der Waals surface area contributed by atoms with Gasteiger partial charge in [-0.2, -0.15) is 0 Å². The molecular formula is C18H20ClF3N2O. The predicted octanol–water partition coefficient (Wildman–Crippen LogP) is 3.68. The molecule has 0 amide bonds. The first-order chi connectivity index (χ1) is 11.6. The third-order valence-electron chi connectivity index (χ3n) is 4.31. The summed E-state index contributed by atoms with van der Waals surface area (Å²) in [7, 11) is 1.61. The summed E-state index contributed by atoms with van der Waals surface area (Å²) < 4.78 is 46.0. The zero-order valence-electron chi connectivity index (χ0n) is 13.8. The van der Waals surface area contributed by atoms with Gasteiger partial charge in [-0.15, -0.1) is 12.4 Å². The molecule has 1 fully saturated rings. The van der Waals surface area contributed by atoms with Gasteiger partial charge in [-0.1, -0.05) is 18.2 Å². The molecule has 3 nitrogen and oxygen atoms in total. The lowest BCUT2D eigenvalue weighted by Gasteiger charge is -2.37. The number of methoxy groups -OCH3 is 1. The highest BCUT2D eigenvalue weighted by Crippen LogP contribution is 2.31. The second-order valence-corrected chi connectivity index (χ2v) is 5.79. The summed E-state index contributed by atoms with van der Waals surface area (Å²) in [5, 5.41) is 3.31. The Morgan fingerprint density at radius 2 is 1.84 bits per heavy atom. The van der Waals surface area contributed by atoms with Crippen molar-refractivity contribution in [3.05, 3.63) is 65.0 Å². The molecule has 1 atom stereocenters. The summed E-state index contributed by atoms with van der Waals surface area (Å²) in [6.07, 6.45) is 0. The summed E-state index contributed by atoms with van der Waals surface area (Å²) in [6.45, 7) is 2.29. The molecule has 7 heteroatoms. The number of halogens is 4. The van der Waals surface area contributed by atoms with Crippen LogP contribution in [-0.4, -0.2) is 31.6 Å². The highest BCUT2D eigenvalue weighted by atomic mass is 35.5. The minimum absolute atomic E-state index is 0. The van der Waals surface area contributed by atoms with Crippen molar-refractivity contribution in [3.63, 3.8) is 0 Å². The van der Waals surface area contributed by atoms with Gasteiger partial charge in [0.05, 0.1) is 13.2 Å². The molecule has 136 valence electrons. The normalized spacial score (nSPS) is 17.8. The van der Waals surface area contributed by atoms with Crippen LogP contribution in [0.4, 0.5) is 13.2 Å². The van der Waals surface area contributed by atoms with Crippen LogP contribution in [0.15, 0.2) is 36.4 Å². The molecule has 3 rings (SSSR count). The van der Waals surface area contributed by atoms with E-state index in [0.717, 1.165) is 23.9 Å². The van der Waals surface area contributed by atoms with Gasteiger partial charge in [0.25, 0.3) is 0 Å². The van der Waals surface area contributed by atoms with Crippen LogP contribution in [0.3, 0.4) is 0 Å². The molecule has 0 aliphatic carbocycles. The van der Waals surface area contributed by atoms with Crippen molar-refractivity contribution < 1.29 is 17.9 Å². The Morgan fingerprint density at radius 3 is 2.60 bits per heavy atom. The van der Waals surface area contributed by atoms with Crippen LogP contribution in [0.2, 0.25) is 0 Å². The number of nitrogens with zero attached hydrogens (tertiary/aromatic N) is 1. The Labute approximate surface area is 151 Å². The summed E-state index contributed by atoms with van der Waals surface area (Å²) >= 11 is 0. The number of hydrogen-bond donors (Lipinski definition) is 1. The molecule has 0 radical (unpaired) electrons. The van der Waals surface area contributed by atoms with Crippen LogP contribution in [0.5, 0.6) is 5.75 Å². The number of ether oxygens (including phenoxy) is 1. The number of rotatable bonds is 4. The molecule has 1 aliphatic rings. The van der Waals surface area contributed by atoms with Crippen LogP contribution >= 0.6 is 12.4 Å². The van der Waals surface area contributed by atoms with Crippen LogP contribution in [-0.2, 0) is 6.54 Å². The van der Waals surface area contributed by atoms with E-state index in [0.29, 0.717) is 19.2 Å². The molecule has 25 heavy (non-hydrogen) atoms. The maximum Gasteiger partial charge on any atom is 0.161 e. The van der Waals surface area contributed by atoms with Crippen molar-refractivity contribution >= 4 is 12.4 Å². The standard InChI is InChI=1S/C18H19F3N2O.ClH/c1-24-18-5-3-2-4-13(18)17-10-22-6-7-23(17)11-12-8-15(20)16(21)9-14(12)19;/h2-5,8-9,17,22H,6-7,10-11H2,1H3;1H. The van der Waals surface area contributed by atoms with E-state index in [2.05, 4.69) is 5.32 Å². The molecule has 1 unspecified atom stereocenters. The molecule has 1 saturated heterocycles. The second-order valence-electron chi connectivity index (χ2n) is 5.79. The molecule has 2 aromatic carbocycles. The quantitative estimate of drug-likeness (QED) is 0.829. The van der Waals surface area contributed by atoms with Gasteiger partial charge >= 0.3 is 0 Å². The Morgan fingerprint density at radius 1 is 1.12 bits per heavy atom. The smallest absolute Gasteiger partial charge is 0.161 e. The molecule has 0 saturated carbocycles. The van der Waals surface area contributed by atoms with E-state index >= 15 is 0 Å². The number of benzene rings is 2. The predicted molar refractivity (Wildman–Crippen MR) is 92.6 cm³/mol. The fourth-order valence-corrected chi connectivity index (χ4v) is 3.09. The Balaban J connectivity index is 0.00000225. The molecule has 0 bridgehead atoms. The first-order valence-corrected chi connectivity index (χ1v) is 7.81. The third-order valence-corrected chi connectivity index (χ3v) is 4.31. The van der Waals surface area contributed by atoms with Crippen molar-refractivity contribution in [2.75, 3.05) is 26.7 Å². The molecule has 0 aromatic heterocycles. The largest absolute Gasteiger partial charge is 0.496 e. The number of para-hydroxylation sites is 1. The SMILES string of the molecule is COc1ccccc1C1CNCCN1Cc1cc(F)c(F)cc1F.Cl. The fraction of sp³-hybridized carbons (Fsp3) is 0.333. The number of hydrogen-bond acceptors (Lipinski definition) is 3.